The highest BCUT2D eigenvalue weighted by Gasteiger charge is 2.20. The second-order valence-corrected chi connectivity index (χ2v) is 4.46. The summed E-state index contributed by atoms with van der Waals surface area (Å²) in [5.74, 6) is -0.230. The van der Waals surface area contributed by atoms with Crippen LogP contribution in [-0.4, -0.2) is 22.9 Å². The summed E-state index contributed by atoms with van der Waals surface area (Å²) < 4.78 is 0. The van der Waals surface area contributed by atoms with Crippen molar-refractivity contribution < 1.29 is 10.2 Å². The standard InChI is InChI=1S/C16H18O2/c17-12-15(14-9-5-2-6-10-14)16(18)11-13-7-3-1-4-8-13/h1-10,15-18H,11-12H2/t15-,16+/m1/s1. The van der Waals surface area contributed by atoms with Crippen LogP contribution < -0.4 is 0 Å². The molecule has 2 heteroatoms. The first-order chi connectivity index (χ1) is 8.81. The maximum absolute atomic E-state index is 10.3. The Morgan fingerprint density at radius 1 is 0.833 bits per heavy atom. The minimum absolute atomic E-state index is 0.0436. The van der Waals surface area contributed by atoms with Crippen LogP contribution in [0.25, 0.3) is 0 Å². The molecule has 0 aromatic heterocycles. The zero-order chi connectivity index (χ0) is 12.8. The Morgan fingerprint density at radius 3 is 1.94 bits per heavy atom. The van der Waals surface area contributed by atoms with Gasteiger partial charge in [0.25, 0.3) is 0 Å². The number of rotatable bonds is 5. The van der Waals surface area contributed by atoms with Gasteiger partial charge in [-0.2, -0.15) is 0 Å². The van der Waals surface area contributed by atoms with Gasteiger partial charge in [0.15, 0.2) is 0 Å². The Balaban J connectivity index is 2.09. The molecule has 0 bridgehead atoms. The molecule has 18 heavy (non-hydrogen) atoms. The molecule has 0 fully saturated rings. The highest BCUT2D eigenvalue weighted by molar-refractivity contribution is 5.23. The van der Waals surface area contributed by atoms with Crippen LogP contribution in [0, 0.1) is 0 Å². The summed E-state index contributed by atoms with van der Waals surface area (Å²) in [6, 6.07) is 19.5. The van der Waals surface area contributed by atoms with E-state index >= 15 is 0 Å². The van der Waals surface area contributed by atoms with E-state index in [1.165, 1.54) is 0 Å². The van der Waals surface area contributed by atoms with E-state index in [1.807, 2.05) is 60.7 Å². The van der Waals surface area contributed by atoms with E-state index in [9.17, 15) is 10.2 Å². The zero-order valence-corrected chi connectivity index (χ0v) is 10.2. The van der Waals surface area contributed by atoms with Gasteiger partial charge in [0.2, 0.25) is 0 Å². The van der Waals surface area contributed by atoms with Gasteiger partial charge in [0, 0.05) is 5.92 Å². The van der Waals surface area contributed by atoms with E-state index in [0.29, 0.717) is 6.42 Å². The molecule has 0 aliphatic carbocycles. The molecular formula is C16H18O2. The van der Waals surface area contributed by atoms with Crippen molar-refractivity contribution in [2.45, 2.75) is 18.4 Å². The molecule has 2 N–H and O–H groups in total. The lowest BCUT2D eigenvalue weighted by Crippen LogP contribution is -2.24. The predicted octanol–water partition coefficient (Wildman–Crippen LogP) is 2.37. The van der Waals surface area contributed by atoms with Gasteiger partial charge in [-0.05, 0) is 17.5 Å². The lowest BCUT2D eigenvalue weighted by atomic mass is 9.90. The van der Waals surface area contributed by atoms with Gasteiger partial charge in [0.1, 0.15) is 0 Å². The summed E-state index contributed by atoms with van der Waals surface area (Å²) >= 11 is 0. The van der Waals surface area contributed by atoms with Crippen molar-refractivity contribution in [2.75, 3.05) is 6.61 Å². The lowest BCUT2D eigenvalue weighted by Gasteiger charge is -2.21. The quantitative estimate of drug-likeness (QED) is 0.845. The molecule has 0 unspecified atom stereocenters. The fourth-order valence-corrected chi connectivity index (χ4v) is 2.15. The molecule has 0 amide bonds. The molecule has 0 aliphatic heterocycles. The Hall–Kier alpha value is -1.64. The number of hydrogen-bond donors (Lipinski definition) is 2. The van der Waals surface area contributed by atoms with Gasteiger partial charge in [0.05, 0.1) is 12.7 Å². The van der Waals surface area contributed by atoms with Gasteiger partial charge < -0.3 is 10.2 Å². The number of benzene rings is 2. The molecular weight excluding hydrogens is 224 g/mol. The number of hydrogen-bond acceptors (Lipinski definition) is 2. The highest BCUT2D eigenvalue weighted by Crippen LogP contribution is 2.21. The molecule has 0 heterocycles. The van der Waals surface area contributed by atoms with E-state index in [0.717, 1.165) is 11.1 Å². The molecule has 94 valence electrons. The lowest BCUT2D eigenvalue weighted by molar-refractivity contribution is 0.106. The second kappa shape index (κ2) is 6.34. The fraction of sp³-hybridized carbons (Fsp3) is 0.250. The van der Waals surface area contributed by atoms with Crippen molar-refractivity contribution in [3.05, 3.63) is 71.8 Å². The molecule has 0 aliphatic rings. The van der Waals surface area contributed by atoms with Crippen LogP contribution in [0.4, 0.5) is 0 Å². The van der Waals surface area contributed by atoms with Gasteiger partial charge in [-0.25, -0.2) is 0 Å². The van der Waals surface area contributed by atoms with Crippen LogP contribution in [0.1, 0.15) is 17.0 Å². The second-order valence-electron chi connectivity index (χ2n) is 4.46. The van der Waals surface area contributed by atoms with Crippen LogP contribution >= 0.6 is 0 Å². The first-order valence-electron chi connectivity index (χ1n) is 6.19. The normalized spacial score (nSPS) is 14.1. The third kappa shape index (κ3) is 3.19. The van der Waals surface area contributed by atoms with Crippen molar-refractivity contribution in [1.82, 2.24) is 0 Å². The summed E-state index contributed by atoms with van der Waals surface area (Å²) in [5.41, 5.74) is 2.06. The third-order valence-electron chi connectivity index (χ3n) is 3.18. The molecule has 0 saturated heterocycles. The topological polar surface area (TPSA) is 40.5 Å². The van der Waals surface area contributed by atoms with Gasteiger partial charge in [-0.3, -0.25) is 0 Å². The first kappa shape index (κ1) is 12.8. The van der Waals surface area contributed by atoms with E-state index in [2.05, 4.69) is 0 Å². The highest BCUT2D eigenvalue weighted by atomic mass is 16.3. The van der Waals surface area contributed by atoms with Crippen molar-refractivity contribution >= 4 is 0 Å². The maximum atomic E-state index is 10.3. The smallest absolute Gasteiger partial charge is 0.0671 e. The van der Waals surface area contributed by atoms with Crippen molar-refractivity contribution in [1.29, 1.82) is 0 Å². The summed E-state index contributed by atoms with van der Waals surface area (Å²) in [6.45, 7) is -0.0436. The number of aliphatic hydroxyl groups excluding tert-OH is 2. The molecule has 2 aromatic rings. The minimum Gasteiger partial charge on any atom is -0.396 e. The molecule has 2 rings (SSSR count). The molecule has 0 saturated carbocycles. The molecule has 0 radical (unpaired) electrons. The molecule has 2 atom stereocenters. The summed E-state index contributed by atoms with van der Waals surface area (Å²) in [6.07, 6.45) is -0.0131. The number of aliphatic hydroxyl groups is 2. The van der Waals surface area contributed by atoms with E-state index in [1.54, 1.807) is 0 Å². The Morgan fingerprint density at radius 2 is 1.39 bits per heavy atom. The summed E-state index contributed by atoms with van der Waals surface area (Å²) in [7, 11) is 0. The van der Waals surface area contributed by atoms with E-state index < -0.39 is 6.10 Å². The molecule has 2 nitrogen and oxygen atoms in total. The van der Waals surface area contributed by atoms with E-state index in [4.69, 9.17) is 0 Å². The predicted molar refractivity (Wildman–Crippen MR) is 72.4 cm³/mol. The van der Waals surface area contributed by atoms with E-state index in [-0.39, 0.29) is 12.5 Å². The average Bonchev–Trinajstić information content (AvgIpc) is 2.42. The van der Waals surface area contributed by atoms with Crippen LogP contribution in [0.2, 0.25) is 0 Å². The van der Waals surface area contributed by atoms with Crippen LogP contribution in [0.15, 0.2) is 60.7 Å². The van der Waals surface area contributed by atoms with Crippen LogP contribution in [-0.2, 0) is 6.42 Å². The van der Waals surface area contributed by atoms with Crippen molar-refractivity contribution in [2.24, 2.45) is 0 Å². The molecule has 0 spiro atoms. The summed E-state index contributed by atoms with van der Waals surface area (Å²) in [5, 5.41) is 19.7. The van der Waals surface area contributed by atoms with Crippen molar-refractivity contribution in [3.63, 3.8) is 0 Å². The monoisotopic (exact) mass is 242 g/mol. The van der Waals surface area contributed by atoms with Crippen LogP contribution in [0.3, 0.4) is 0 Å². The largest absolute Gasteiger partial charge is 0.396 e. The minimum atomic E-state index is -0.570. The van der Waals surface area contributed by atoms with Gasteiger partial charge in [-0.1, -0.05) is 60.7 Å². The summed E-state index contributed by atoms with van der Waals surface area (Å²) in [4.78, 5) is 0. The van der Waals surface area contributed by atoms with Crippen LogP contribution in [0.5, 0.6) is 0 Å². The Bertz CT molecular complexity index is 453. The van der Waals surface area contributed by atoms with Gasteiger partial charge in [-0.15, -0.1) is 0 Å². The maximum Gasteiger partial charge on any atom is 0.0671 e. The first-order valence-corrected chi connectivity index (χ1v) is 6.19. The fourth-order valence-electron chi connectivity index (χ4n) is 2.15. The Kier molecular flexibility index (Phi) is 4.51. The SMILES string of the molecule is OC[C@H](c1ccccc1)[C@@H](O)Cc1ccccc1. The van der Waals surface area contributed by atoms with Gasteiger partial charge >= 0.3 is 0 Å². The average molecular weight is 242 g/mol. The van der Waals surface area contributed by atoms with Crippen molar-refractivity contribution in [3.8, 4) is 0 Å². The zero-order valence-electron chi connectivity index (χ0n) is 10.2. The third-order valence-corrected chi connectivity index (χ3v) is 3.18. The molecule has 2 aromatic carbocycles. The Labute approximate surface area is 108 Å².